The van der Waals surface area contributed by atoms with Crippen molar-refractivity contribution < 1.29 is 14.3 Å². The molecule has 0 bridgehead atoms. The maximum absolute atomic E-state index is 12.5. The van der Waals surface area contributed by atoms with Gasteiger partial charge < -0.3 is 15.4 Å². The molecule has 0 aliphatic rings. The van der Waals surface area contributed by atoms with Crippen molar-refractivity contribution in [3.8, 4) is 5.75 Å². The lowest BCUT2D eigenvalue weighted by atomic mass is 9.90. The summed E-state index contributed by atoms with van der Waals surface area (Å²) >= 11 is 5.84. The summed E-state index contributed by atoms with van der Waals surface area (Å²) in [4.78, 5) is 24.9. The molecule has 0 aliphatic carbocycles. The molecule has 0 spiro atoms. The minimum Gasteiger partial charge on any atom is -0.497 e. The van der Waals surface area contributed by atoms with Crippen LogP contribution in [0.1, 0.15) is 19.4 Å². The molecule has 0 heterocycles. The summed E-state index contributed by atoms with van der Waals surface area (Å²) in [5.74, 6) is -0.125. The predicted molar refractivity (Wildman–Crippen MR) is 98.7 cm³/mol. The Kier molecular flexibility index (Phi) is 6.04. The van der Waals surface area contributed by atoms with E-state index in [0.717, 1.165) is 5.56 Å². The molecule has 2 amide bonds. The molecule has 2 aromatic carbocycles. The number of halogens is 1. The van der Waals surface area contributed by atoms with Crippen LogP contribution in [0.15, 0.2) is 48.5 Å². The lowest BCUT2D eigenvalue weighted by molar-refractivity contribution is -0.138. The van der Waals surface area contributed by atoms with Gasteiger partial charge in [0.25, 0.3) is 0 Å². The first-order valence-electron chi connectivity index (χ1n) is 7.81. The zero-order valence-electron chi connectivity index (χ0n) is 14.4. The molecule has 25 heavy (non-hydrogen) atoms. The van der Waals surface area contributed by atoms with Crippen molar-refractivity contribution in [2.24, 2.45) is 5.41 Å². The number of carbonyl (C=O) groups is 2. The van der Waals surface area contributed by atoms with E-state index in [-0.39, 0.29) is 5.91 Å². The van der Waals surface area contributed by atoms with Crippen molar-refractivity contribution in [3.05, 3.63) is 59.1 Å². The van der Waals surface area contributed by atoms with Crippen LogP contribution in [0.25, 0.3) is 0 Å². The SMILES string of the molecule is COc1cccc(NC(=O)C(C)(C)C(=O)NCc2ccc(Cl)cc2)c1. The van der Waals surface area contributed by atoms with Crippen LogP contribution in [0.3, 0.4) is 0 Å². The Hall–Kier alpha value is -2.53. The molecular formula is C19H21ClN2O3. The van der Waals surface area contributed by atoms with E-state index >= 15 is 0 Å². The summed E-state index contributed by atoms with van der Waals surface area (Å²) in [6.45, 7) is 3.49. The third kappa shape index (κ3) is 4.97. The molecule has 0 atom stereocenters. The highest BCUT2D eigenvalue weighted by Gasteiger charge is 2.35. The summed E-state index contributed by atoms with van der Waals surface area (Å²) in [6.07, 6.45) is 0. The third-order valence-electron chi connectivity index (χ3n) is 3.83. The Morgan fingerprint density at radius 3 is 2.40 bits per heavy atom. The summed E-state index contributed by atoms with van der Waals surface area (Å²) in [5.41, 5.74) is 0.250. The molecule has 6 heteroatoms. The summed E-state index contributed by atoms with van der Waals surface area (Å²) < 4.78 is 5.13. The third-order valence-corrected chi connectivity index (χ3v) is 4.08. The molecule has 0 aliphatic heterocycles. The molecular weight excluding hydrogens is 340 g/mol. The van der Waals surface area contributed by atoms with Crippen LogP contribution in [-0.2, 0) is 16.1 Å². The zero-order valence-corrected chi connectivity index (χ0v) is 15.2. The van der Waals surface area contributed by atoms with Gasteiger partial charge in [-0.15, -0.1) is 0 Å². The molecule has 2 rings (SSSR count). The topological polar surface area (TPSA) is 67.4 Å². The van der Waals surface area contributed by atoms with Crippen molar-refractivity contribution >= 4 is 29.1 Å². The van der Waals surface area contributed by atoms with Crippen LogP contribution >= 0.6 is 11.6 Å². The van der Waals surface area contributed by atoms with Gasteiger partial charge in [0.05, 0.1) is 7.11 Å². The number of hydrogen-bond acceptors (Lipinski definition) is 3. The highest BCUT2D eigenvalue weighted by Crippen LogP contribution is 2.22. The maximum atomic E-state index is 12.5. The molecule has 132 valence electrons. The quantitative estimate of drug-likeness (QED) is 0.773. The van der Waals surface area contributed by atoms with Gasteiger partial charge in [-0.25, -0.2) is 0 Å². The maximum Gasteiger partial charge on any atom is 0.239 e. The molecule has 0 saturated carbocycles. The normalized spacial score (nSPS) is 10.9. The Morgan fingerprint density at radius 1 is 1.08 bits per heavy atom. The number of amides is 2. The van der Waals surface area contributed by atoms with Crippen LogP contribution < -0.4 is 15.4 Å². The Balaban J connectivity index is 1.98. The highest BCUT2D eigenvalue weighted by atomic mass is 35.5. The molecule has 5 nitrogen and oxygen atoms in total. The monoisotopic (exact) mass is 360 g/mol. The highest BCUT2D eigenvalue weighted by molar-refractivity contribution is 6.30. The van der Waals surface area contributed by atoms with Gasteiger partial charge in [-0.2, -0.15) is 0 Å². The van der Waals surface area contributed by atoms with E-state index in [2.05, 4.69) is 10.6 Å². The smallest absolute Gasteiger partial charge is 0.239 e. The van der Waals surface area contributed by atoms with E-state index in [1.165, 1.54) is 0 Å². The van der Waals surface area contributed by atoms with Crippen LogP contribution in [-0.4, -0.2) is 18.9 Å². The number of nitrogens with one attached hydrogen (secondary N) is 2. The number of rotatable bonds is 6. The predicted octanol–water partition coefficient (Wildman–Crippen LogP) is 3.63. The number of carbonyl (C=O) groups excluding carboxylic acids is 2. The molecule has 2 N–H and O–H groups in total. The van der Waals surface area contributed by atoms with Crippen molar-refractivity contribution in [3.63, 3.8) is 0 Å². The first kappa shape index (κ1) is 18.8. The van der Waals surface area contributed by atoms with Crippen LogP contribution in [0.4, 0.5) is 5.69 Å². The fourth-order valence-electron chi connectivity index (χ4n) is 2.10. The van der Waals surface area contributed by atoms with Crippen molar-refractivity contribution in [2.45, 2.75) is 20.4 Å². The number of anilines is 1. The number of methoxy groups -OCH3 is 1. The standard InChI is InChI=1S/C19H21ClN2O3/c1-19(2,17(23)21-12-13-7-9-14(20)10-8-13)18(24)22-15-5-4-6-16(11-15)25-3/h4-11H,12H2,1-3H3,(H,21,23)(H,22,24). The van der Waals surface area contributed by atoms with Gasteiger partial charge in [0.1, 0.15) is 11.2 Å². The first-order valence-corrected chi connectivity index (χ1v) is 8.19. The Morgan fingerprint density at radius 2 is 1.76 bits per heavy atom. The summed E-state index contributed by atoms with van der Waals surface area (Å²) in [6, 6.07) is 14.1. The van der Waals surface area contributed by atoms with Gasteiger partial charge in [-0.1, -0.05) is 29.8 Å². The average Bonchev–Trinajstić information content (AvgIpc) is 2.61. The van der Waals surface area contributed by atoms with E-state index in [4.69, 9.17) is 16.3 Å². The van der Waals surface area contributed by atoms with E-state index in [1.807, 2.05) is 12.1 Å². The molecule has 0 saturated heterocycles. The van der Waals surface area contributed by atoms with Gasteiger partial charge in [0, 0.05) is 23.3 Å². The lowest BCUT2D eigenvalue weighted by Crippen LogP contribution is -2.44. The number of hydrogen-bond donors (Lipinski definition) is 2. The second-order valence-corrected chi connectivity index (χ2v) is 6.56. The lowest BCUT2D eigenvalue weighted by Gasteiger charge is -2.23. The fraction of sp³-hybridized carbons (Fsp3) is 0.263. The van der Waals surface area contributed by atoms with E-state index in [9.17, 15) is 9.59 Å². The Labute approximate surface area is 152 Å². The fourth-order valence-corrected chi connectivity index (χ4v) is 2.22. The largest absolute Gasteiger partial charge is 0.497 e. The molecule has 0 aromatic heterocycles. The second-order valence-electron chi connectivity index (χ2n) is 6.12. The number of ether oxygens (including phenoxy) is 1. The van der Waals surface area contributed by atoms with Gasteiger partial charge >= 0.3 is 0 Å². The average molecular weight is 361 g/mol. The molecule has 0 radical (unpaired) electrons. The summed E-state index contributed by atoms with van der Waals surface area (Å²) in [7, 11) is 1.55. The van der Waals surface area contributed by atoms with Gasteiger partial charge in [0.15, 0.2) is 0 Å². The van der Waals surface area contributed by atoms with Crippen molar-refractivity contribution in [1.82, 2.24) is 5.32 Å². The van der Waals surface area contributed by atoms with E-state index in [0.29, 0.717) is 23.0 Å². The van der Waals surface area contributed by atoms with Crippen LogP contribution in [0.2, 0.25) is 5.02 Å². The molecule has 0 unspecified atom stereocenters. The minimum absolute atomic E-state index is 0.325. The van der Waals surface area contributed by atoms with E-state index in [1.54, 1.807) is 57.4 Å². The van der Waals surface area contributed by atoms with Crippen molar-refractivity contribution in [2.75, 3.05) is 12.4 Å². The van der Waals surface area contributed by atoms with Crippen molar-refractivity contribution in [1.29, 1.82) is 0 Å². The second kappa shape index (κ2) is 8.03. The van der Waals surface area contributed by atoms with Gasteiger partial charge in [-0.3, -0.25) is 9.59 Å². The summed E-state index contributed by atoms with van der Waals surface area (Å²) in [5, 5.41) is 6.16. The zero-order chi connectivity index (χ0) is 18.4. The number of benzene rings is 2. The van der Waals surface area contributed by atoms with Gasteiger partial charge in [0.2, 0.25) is 11.8 Å². The molecule has 2 aromatic rings. The van der Waals surface area contributed by atoms with Gasteiger partial charge in [-0.05, 0) is 43.7 Å². The minimum atomic E-state index is -1.23. The van der Waals surface area contributed by atoms with E-state index < -0.39 is 11.3 Å². The van der Waals surface area contributed by atoms with Crippen LogP contribution in [0.5, 0.6) is 5.75 Å². The van der Waals surface area contributed by atoms with Crippen LogP contribution in [0, 0.1) is 5.41 Å². The first-order chi connectivity index (χ1) is 11.8. The Bertz CT molecular complexity index is 758. The molecule has 0 fully saturated rings.